The first-order valence-electron chi connectivity index (χ1n) is 3.53. The number of halogens is 4. The summed E-state index contributed by atoms with van der Waals surface area (Å²) >= 11 is 0. The van der Waals surface area contributed by atoms with Crippen molar-refractivity contribution >= 4 is 5.91 Å². The molecule has 0 rings (SSSR count). The minimum absolute atomic E-state index is 0.508. The fourth-order valence-corrected chi connectivity index (χ4v) is 0.530. The van der Waals surface area contributed by atoms with Crippen LogP contribution in [0, 0.1) is 0 Å². The molecule has 0 aromatic heterocycles. The highest BCUT2D eigenvalue weighted by molar-refractivity contribution is 5.82. The van der Waals surface area contributed by atoms with Crippen LogP contribution in [0.25, 0.3) is 0 Å². The van der Waals surface area contributed by atoms with E-state index in [-0.39, 0.29) is 0 Å². The molecule has 0 aromatic rings. The van der Waals surface area contributed by atoms with Gasteiger partial charge in [0, 0.05) is 6.92 Å². The molecular formula is C6H10F4N2O2. The van der Waals surface area contributed by atoms with Crippen molar-refractivity contribution in [2.75, 3.05) is 13.2 Å². The molecule has 0 aliphatic heterocycles. The molecule has 4 nitrogen and oxygen atoms in total. The highest BCUT2D eigenvalue weighted by Gasteiger charge is 2.39. The smallest absolute Gasteiger partial charge is 0.348 e. The summed E-state index contributed by atoms with van der Waals surface area (Å²) in [5, 5.41) is 0. The molecule has 0 bridgehead atoms. The van der Waals surface area contributed by atoms with Crippen molar-refractivity contribution in [2.24, 2.45) is 5.84 Å². The zero-order chi connectivity index (χ0) is 11.4. The number of nitrogens with two attached hydrogens (primary N) is 1. The number of alkyl halides is 4. The molecule has 0 radical (unpaired) electrons. The third-order valence-electron chi connectivity index (χ3n) is 1.10. The fourth-order valence-electron chi connectivity index (χ4n) is 0.530. The lowest BCUT2D eigenvalue weighted by Crippen LogP contribution is -2.46. The number of nitrogens with one attached hydrogen (secondary N) is 1. The Labute approximate surface area is 77.4 Å². The third kappa shape index (κ3) is 4.97. The van der Waals surface area contributed by atoms with Crippen LogP contribution < -0.4 is 11.3 Å². The number of carbonyl (C=O) groups excluding carboxylic acids is 1. The number of amides is 1. The van der Waals surface area contributed by atoms with Gasteiger partial charge in [-0.2, -0.15) is 8.78 Å². The summed E-state index contributed by atoms with van der Waals surface area (Å²) in [6.45, 7) is -2.10. The number of hydrogen-bond acceptors (Lipinski definition) is 3. The first-order valence-corrected chi connectivity index (χ1v) is 3.53. The van der Waals surface area contributed by atoms with Crippen LogP contribution in [-0.4, -0.2) is 31.0 Å². The van der Waals surface area contributed by atoms with Crippen molar-refractivity contribution in [3.8, 4) is 0 Å². The first kappa shape index (κ1) is 13.1. The summed E-state index contributed by atoms with van der Waals surface area (Å²) < 4.78 is 53.2. The summed E-state index contributed by atoms with van der Waals surface area (Å²) in [6.07, 6.45) is 0. The monoisotopic (exact) mass is 218 g/mol. The summed E-state index contributed by atoms with van der Waals surface area (Å²) in [5.41, 5.74) is 1.20. The number of carbonyl (C=O) groups is 1. The van der Waals surface area contributed by atoms with Crippen molar-refractivity contribution in [3.05, 3.63) is 0 Å². The summed E-state index contributed by atoms with van der Waals surface area (Å²) in [7, 11) is 0. The van der Waals surface area contributed by atoms with Crippen LogP contribution in [0.5, 0.6) is 0 Å². The predicted molar refractivity (Wildman–Crippen MR) is 38.7 cm³/mol. The van der Waals surface area contributed by atoms with Crippen molar-refractivity contribution in [1.29, 1.82) is 0 Å². The van der Waals surface area contributed by atoms with Crippen LogP contribution in [0.4, 0.5) is 17.6 Å². The van der Waals surface area contributed by atoms with Gasteiger partial charge in [0.05, 0.1) is 0 Å². The third-order valence-corrected chi connectivity index (χ3v) is 1.10. The van der Waals surface area contributed by atoms with Crippen LogP contribution in [0.2, 0.25) is 0 Å². The SMILES string of the molecule is CC(F)(F)COCC(F)(F)C(=O)NN. The summed E-state index contributed by atoms with van der Waals surface area (Å²) in [5.74, 6) is -4.46. The van der Waals surface area contributed by atoms with Gasteiger partial charge in [-0.1, -0.05) is 0 Å². The molecule has 8 heteroatoms. The molecule has 0 saturated heterocycles. The van der Waals surface area contributed by atoms with Gasteiger partial charge in [0.1, 0.15) is 13.2 Å². The fraction of sp³-hybridized carbons (Fsp3) is 0.833. The second kappa shape index (κ2) is 4.56. The van der Waals surface area contributed by atoms with E-state index >= 15 is 0 Å². The van der Waals surface area contributed by atoms with E-state index in [0.717, 1.165) is 0 Å². The average molecular weight is 218 g/mol. The van der Waals surface area contributed by atoms with Gasteiger partial charge >= 0.3 is 11.8 Å². The Kier molecular flexibility index (Phi) is 4.27. The molecule has 0 heterocycles. The van der Waals surface area contributed by atoms with Gasteiger partial charge < -0.3 is 4.74 Å². The van der Waals surface area contributed by atoms with Gasteiger partial charge in [-0.25, -0.2) is 14.6 Å². The second-order valence-corrected chi connectivity index (χ2v) is 2.74. The van der Waals surface area contributed by atoms with Crippen LogP contribution >= 0.6 is 0 Å². The normalized spacial score (nSPS) is 12.7. The minimum atomic E-state index is -3.90. The molecular weight excluding hydrogens is 208 g/mol. The molecule has 0 aromatic carbocycles. The van der Waals surface area contributed by atoms with E-state index in [1.807, 2.05) is 0 Å². The Balaban J connectivity index is 3.94. The maximum absolute atomic E-state index is 12.5. The van der Waals surface area contributed by atoms with Gasteiger partial charge in [0.25, 0.3) is 5.92 Å². The van der Waals surface area contributed by atoms with Crippen LogP contribution in [-0.2, 0) is 9.53 Å². The number of rotatable bonds is 5. The molecule has 0 fully saturated rings. The lowest BCUT2D eigenvalue weighted by molar-refractivity contribution is -0.161. The Hall–Kier alpha value is -0.890. The van der Waals surface area contributed by atoms with Crippen LogP contribution in [0.15, 0.2) is 0 Å². The lowest BCUT2D eigenvalue weighted by atomic mass is 10.3. The number of hydrogen-bond donors (Lipinski definition) is 2. The van der Waals surface area contributed by atoms with Crippen molar-refractivity contribution in [2.45, 2.75) is 18.8 Å². The zero-order valence-corrected chi connectivity index (χ0v) is 7.32. The van der Waals surface area contributed by atoms with Crippen molar-refractivity contribution < 1.29 is 27.1 Å². The molecule has 0 spiro atoms. The molecule has 0 atom stereocenters. The largest absolute Gasteiger partial charge is 0.368 e. The van der Waals surface area contributed by atoms with Gasteiger partial charge in [-0.3, -0.25) is 10.2 Å². The van der Waals surface area contributed by atoms with Crippen molar-refractivity contribution in [3.63, 3.8) is 0 Å². The quantitative estimate of drug-likeness (QED) is 0.301. The van der Waals surface area contributed by atoms with Gasteiger partial charge in [0.2, 0.25) is 0 Å². The molecule has 3 N–H and O–H groups in total. The molecule has 84 valence electrons. The van der Waals surface area contributed by atoms with Gasteiger partial charge in [0.15, 0.2) is 0 Å². The maximum Gasteiger partial charge on any atom is 0.348 e. The molecule has 14 heavy (non-hydrogen) atoms. The topological polar surface area (TPSA) is 64.3 Å². The van der Waals surface area contributed by atoms with Gasteiger partial charge in [-0.15, -0.1) is 0 Å². The standard InChI is InChI=1S/C6H10F4N2O2/c1-5(7,8)2-14-3-6(9,10)4(13)12-11/h2-3,11H2,1H3,(H,12,13). The van der Waals surface area contributed by atoms with E-state index in [1.54, 1.807) is 0 Å². The van der Waals surface area contributed by atoms with Gasteiger partial charge in [-0.05, 0) is 0 Å². The lowest BCUT2D eigenvalue weighted by Gasteiger charge is -2.16. The Morgan fingerprint density at radius 3 is 2.21 bits per heavy atom. The number of ether oxygens (including phenoxy) is 1. The van der Waals surface area contributed by atoms with E-state index in [1.165, 1.54) is 5.43 Å². The van der Waals surface area contributed by atoms with E-state index in [2.05, 4.69) is 10.6 Å². The Morgan fingerprint density at radius 1 is 1.36 bits per heavy atom. The Bertz CT molecular complexity index is 204. The van der Waals surface area contributed by atoms with Crippen molar-refractivity contribution in [1.82, 2.24) is 5.43 Å². The van der Waals surface area contributed by atoms with Crippen LogP contribution in [0.1, 0.15) is 6.92 Å². The molecule has 0 unspecified atom stereocenters. The van der Waals surface area contributed by atoms with E-state index in [9.17, 15) is 22.4 Å². The first-order chi connectivity index (χ1) is 6.19. The zero-order valence-electron chi connectivity index (χ0n) is 7.32. The maximum atomic E-state index is 12.5. The second-order valence-electron chi connectivity index (χ2n) is 2.74. The molecule has 0 aliphatic carbocycles. The minimum Gasteiger partial charge on any atom is -0.368 e. The number of hydrazine groups is 1. The highest BCUT2D eigenvalue weighted by Crippen LogP contribution is 2.16. The molecule has 1 amide bonds. The van der Waals surface area contributed by atoms with Crippen LogP contribution in [0.3, 0.4) is 0 Å². The predicted octanol–water partition coefficient (Wildman–Crippen LogP) is 0.283. The summed E-state index contributed by atoms with van der Waals surface area (Å²) in [6, 6.07) is 0. The molecule has 0 saturated carbocycles. The van der Waals surface area contributed by atoms with E-state index in [4.69, 9.17) is 0 Å². The highest BCUT2D eigenvalue weighted by atomic mass is 19.3. The molecule has 0 aliphatic rings. The Morgan fingerprint density at radius 2 is 1.86 bits per heavy atom. The van der Waals surface area contributed by atoms with E-state index in [0.29, 0.717) is 6.92 Å². The van der Waals surface area contributed by atoms with E-state index < -0.39 is 31.0 Å². The average Bonchev–Trinajstić information content (AvgIpc) is 2.00. The summed E-state index contributed by atoms with van der Waals surface area (Å²) in [4.78, 5) is 10.3.